The molecule has 4 heteroatoms. The van der Waals surface area contributed by atoms with Gasteiger partial charge in [0.2, 0.25) is 0 Å². The average Bonchev–Trinajstić information content (AvgIpc) is 2.17. The fraction of sp³-hybridized carbons (Fsp3) is 0.500. The Labute approximate surface area is 105 Å². The number of nitrogen functional groups attached to an aromatic ring is 1. The first kappa shape index (κ1) is 13.5. The zero-order valence-electron chi connectivity index (χ0n) is 9.92. The Hall–Kier alpha value is -0.580. The van der Waals surface area contributed by atoms with Crippen LogP contribution >= 0.6 is 15.9 Å². The molecule has 0 spiro atoms. The third kappa shape index (κ3) is 4.12. The van der Waals surface area contributed by atoms with Gasteiger partial charge in [-0.3, -0.25) is 0 Å². The van der Waals surface area contributed by atoms with Crippen LogP contribution in [0.3, 0.4) is 0 Å². The number of nitrogens with two attached hydrogens (primary N) is 1. The SMILES string of the molecule is CC(C)(C)NCC(O)c1ccc(N)c(Br)c1. The number of aliphatic hydroxyl groups excluding tert-OH is 1. The van der Waals surface area contributed by atoms with Crippen LogP contribution < -0.4 is 11.1 Å². The van der Waals surface area contributed by atoms with E-state index in [1.807, 2.05) is 12.1 Å². The van der Waals surface area contributed by atoms with Gasteiger partial charge in [0.05, 0.1) is 6.10 Å². The highest BCUT2D eigenvalue weighted by molar-refractivity contribution is 9.10. The van der Waals surface area contributed by atoms with Crippen LogP contribution in [0.4, 0.5) is 5.69 Å². The zero-order chi connectivity index (χ0) is 12.3. The van der Waals surface area contributed by atoms with Crippen molar-refractivity contribution in [3.05, 3.63) is 28.2 Å². The summed E-state index contributed by atoms with van der Waals surface area (Å²) in [5, 5.41) is 13.2. The maximum Gasteiger partial charge on any atom is 0.0914 e. The normalized spacial score (nSPS) is 13.8. The summed E-state index contributed by atoms with van der Waals surface area (Å²) in [6.45, 7) is 6.73. The van der Waals surface area contributed by atoms with Gasteiger partial charge in [-0.1, -0.05) is 6.07 Å². The van der Waals surface area contributed by atoms with Gasteiger partial charge in [-0.05, 0) is 54.4 Å². The molecule has 0 heterocycles. The molecule has 1 unspecified atom stereocenters. The van der Waals surface area contributed by atoms with Crippen molar-refractivity contribution in [2.45, 2.75) is 32.4 Å². The van der Waals surface area contributed by atoms with Crippen LogP contribution in [0.2, 0.25) is 0 Å². The summed E-state index contributed by atoms with van der Waals surface area (Å²) in [5.41, 5.74) is 7.23. The monoisotopic (exact) mass is 286 g/mol. The number of hydrogen-bond donors (Lipinski definition) is 3. The minimum absolute atomic E-state index is 0.00597. The third-order valence-electron chi connectivity index (χ3n) is 2.24. The molecule has 0 saturated carbocycles. The van der Waals surface area contributed by atoms with E-state index in [0.717, 1.165) is 10.0 Å². The Morgan fingerprint density at radius 1 is 1.44 bits per heavy atom. The van der Waals surface area contributed by atoms with Gasteiger partial charge < -0.3 is 16.2 Å². The summed E-state index contributed by atoms with van der Waals surface area (Å²) in [6.07, 6.45) is -0.517. The molecule has 1 rings (SSSR count). The fourth-order valence-corrected chi connectivity index (χ4v) is 1.67. The molecule has 1 atom stereocenters. The van der Waals surface area contributed by atoms with Gasteiger partial charge in [0.25, 0.3) is 0 Å². The van der Waals surface area contributed by atoms with Crippen molar-refractivity contribution in [2.75, 3.05) is 12.3 Å². The molecule has 0 fully saturated rings. The minimum atomic E-state index is -0.517. The van der Waals surface area contributed by atoms with E-state index in [2.05, 4.69) is 42.0 Å². The van der Waals surface area contributed by atoms with Gasteiger partial charge in [0, 0.05) is 22.2 Å². The average molecular weight is 287 g/mol. The van der Waals surface area contributed by atoms with Crippen LogP contribution in [-0.2, 0) is 0 Å². The van der Waals surface area contributed by atoms with Gasteiger partial charge in [0.15, 0.2) is 0 Å². The van der Waals surface area contributed by atoms with Crippen molar-refractivity contribution >= 4 is 21.6 Å². The van der Waals surface area contributed by atoms with E-state index >= 15 is 0 Å². The van der Waals surface area contributed by atoms with Crippen LogP contribution in [0.5, 0.6) is 0 Å². The number of nitrogens with one attached hydrogen (secondary N) is 1. The summed E-state index contributed by atoms with van der Waals surface area (Å²) in [7, 11) is 0. The first-order valence-corrected chi connectivity index (χ1v) is 6.07. The highest BCUT2D eigenvalue weighted by Gasteiger charge is 2.14. The zero-order valence-corrected chi connectivity index (χ0v) is 11.5. The van der Waals surface area contributed by atoms with E-state index in [-0.39, 0.29) is 5.54 Å². The number of benzene rings is 1. The standard InChI is InChI=1S/C12H19BrN2O/c1-12(2,3)15-7-11(16)8-4-5-10(14)9(13)6-8/h4-6,11,15-16H,7,14H2,1-3H3. The number of rotatable bonds is 3. The third-order valence-corrected chi connectivity index (χ3v) is 2.92. The molecule has 3 nitrogen and oxygen atoms in total. The highest BCUT2D eigenvalue weighted by atomic mass is 79.9. The lowest BCUT2D eigenvalue weighted by Gasteiger charge is -2.23. The molecule has 4 N–H and O–H groups in total. The Kier molecular flexibility index (Phi) is 4.35. The minimum Gasteiger partial charge on any atom is -0.398 e. The first-order valence-electron chi connectivity index (χ1n) is 5.27. The maximum absolute atomic E-state index is 9.98. The quantitative estimate of drug-likeness (QED) is 0.748. The number of aliphatic hydroxyl groups is 1. The summed E-state index contributed by atoms with van der Waals surface area (Å²) in [6, 6.07) is 5.49. The van der Waals surface area contributed by atoms with Crippen LogP contribution in [0, 0.1) is 0 Å². The van der Waals surface area contributed by atoms with Crippen LogP contribution in [0.25, 0.3) is 0 Å². The van der Waals surface area contributed by atoms with Crippen molar-refractivity contribution in [3.63, 3.8) is 0 Å². The highest BCUT2D eigenvalue weighted by Crippen LogP contribution is 2.24. The van der Waals surface area contributed by atoms with Crippen LogP contribution in [0.15, 0.2) is 22.7 Å². The summed E-state index contributed by atoms with van der Waals surface area (Å²) in [4.78, 5) is 0. The molecular formula is C12H19BrN2O. The molecule has 0 aliphatic carbocycles. The van der Waals surface area contributed by atoms with Crippen molar-refractivity contribution in [2.24, 2.45) is 0 Å². The molecule has 1 aromatic rings. The molecule has 0 saturated heterocycles. The summed E-state index contributed by atoms with van der Waals surface area (Å²) >= 11 is 3.35. The van der Waals surface area contributed by atoms with Gasteiger partial charge in [-0.2, -0.15) is 0 Å². The molecule has 90 valence electrons. The van der Waals surface area contributed by atoms with Gasteiger partial charge in [-0.25, -0.2) is 0 Å². The topological polar surface area (TPSA) is 58.3 Å². The maximum atomic E-state index is 9.98. The molecule has 0 bridgehead atoms. The number of halogens is 1. The van der Waals surface area contributed by atoms with Gasteiger partial charge in [0.1, 0.15) is 0 Å². The number of hydrogen-bond acceptors (Lipinski definition) is 3. The van der Waals surface area contributed by atoms with Crippen molar-refractivity contribution in [1.29, 1.82) is 0 Å². The smallest absolute Gasteiger partial charge is 0.0914 e. The molecule has 0 radical (unpaired) electrons. The predicted molar refractivity (Wildman–Crippen MR) is 71.3 cm³/mol. The van der Waals surface area contributed by atoms with Crippen molar-refractivity contribution in [3.8, 4) is 0 Å². The lowest BCUT2D eigenvalue weighted by Crippen LogP contribution is -2.38. The molecule has 1 aromatic carbocycles. The van der Waals surface area contributed by atoms with E-state index < -0.39 is 6.10 Å². The van der Waals surface area contributed by atoms with Crippen molar-refractivity contribution < 1.29 is 5.11 Å². The molecule has 0 aromatic heterocycles. The Morgan fingerprint density at radius 2 is 2.06 bits per heavy atom. The summed E-state index contributed by atoms with van der Waals surface area (Å²) < 4.78 is 0.819. The second-order valence-corrected chi connectivity index (χ2v) is 5.78. The molecular weight excluding hydrogens is 268 g/mol. The molecule has 0 aliphatic heterocycles. The number of β-amino-alcohol motifs (C(OH)–C–C–N with tert-alkyl or cyclic N) is 1. The second kappa shape index (κ2) is 5.17. The van der Waals surface area contributed by atoms with Crippen LogP contribution in [0.1, 0.15) is 32.4 Å². The lowest BCUT2D eigenvalue weighted by atomic mass is 10.1. The van der Waals surface area contributed by atoms with E-state index in [1.165, 1.54) is 0 Å². The van der Waals surface area contributed by atoms with Gasteiger partial charge >= 0.3 is 0 Å². The molecule has 16 heavy (non-hydrogen) atoms. The largest absolute Gasteiger partial charge is 0.398 e. The predicted octanol–water partition coefficient (Wildman–Crippen LogP) is 2.45. The lowest BCUT2D eigenvalue weighted by molar-refractivity contribution is 0.163. The van der Waals surface area contributed by atoms with Gasteiger partial charge in [-0.15, -0.1) is 0 Å². The number of anilines is 1. The molecule has 0 amide bonds. The van der Waals surface area contributed by atoms with Crippen LogP contribution in [-0.4, -0.2) is 17.2 Å². The Balaban J connectivity index is 2.66. The molecule has 0 aliphatic rings. The fourth-order valence-electron chi connectivity index (χ4n) is 1.27. The van der Waals surface area contributed by atoms with E-state index in [9.17, 15) is 5.11 Å². The van der Waals surface area contributed by atoms with E-state index in [0.29, 0.717) is 12.2 Å². The Morgan fingerprint density at radius 3 is 2.56 bits per heavy atom. The first-order chi connectivity index (χ1) is 7.29. The Bertz CT molecular complexity index is 361. The second-order valence-electron chi connectivity index (χ2n) is 4.93. The van der Waals surface area contributed by atoms with E-state index in [1.54, 1.807) is 6.07 Å². The summed E-state index contributed by atoms with van der Waals surface area (Å²) in [5.74, 6) is 0. The van der Waals surface area contributed by atoms with E-state index in [4.69, 9.17) is 5.73 Å². The van der Waals surface area contributed by atoms with Crippen molar-refractivity contribution in [1.82, 2.24) is 5.32 Å².